The van der Waals surface area contributed by atoms with E-state index in [0.29, 0.717) is 38.2 Å². The molecule has 2 amide bonds. The number of benzene rings is 1. The normalized spacial score (nSPS) is 14.2. The number of carbonyl (C=O) groups excluding carboxylic acids is 2. The van der Waals surface area contributed by atoms with Gasteiger partial charge in [-0.25, -0.2) is 0 Å². The number of rotatable bonds is 6. The molecule has 1 aromatic carbocycles. The number of nitro benzene ring substituents is 1. The first-order valence-corrected chi connectivity index (χ1v) is 7.92. The lowest BCUT2D eigenvalue weighted by molar-refractivity contribution is -0.384. The Labute approximate surface area is 144 Å². The van der Waals surface area contributed by atoms with Crippen molar-refractivity contribution in [2.45, 2.75) is 19.3 Å². The molecule has 134 valence electrons. The van der Waals surface area contributed by atoms with Crippen molar-refractivity contribution in [3.05, 3.63) is 39.9 Å². The van der Waals surface area contributed by atoms with Gasteiger partial charge in [-0.2, -0.15) is 0 Å². The number of hydrogen-bond donors (Lipinski definition) is 1. The number of nitrogens with zero attached hydrogens (tertiary/aromatic N) is 3. The molecule has 1 heterocycles. The van der Waals surface area contributed by atoms with E-state index in [0.717, 1.165) is 0 Å². The van der Waals surface area contributed by atoms with Gasteiger partial charge in [0.1, 0.15) is 0 Å². The Bertz CT molecular complexity index is 665. The average Bonchev–Trinajstić information content (AvgIpc) is 2.61. The maximum atomic E-state index is 12.4. The van der Waals surface area contributed by atoms with Gasteiger partial charge in [-0.3, -0.25) is 24.5 Å². The second-order valence-corrected chi connectivity index (χ2v) is 5.72. The third-order valence-corrected chi connectivity index (χ3v) is 4.03. The van der Waals surface area contributed by atoms with Crippen molar-refractivity contribution in [3.63, 3.8) is 0 Å². The van der Waals surface area contributed by atoms with E-state index < -0.39 is 10.9 Å². The summed E-state index contributed by atoms with van der Waals surface area (Å²) in [5.41, 5.74) is 0.292. The second kappa shape index (κ2) is 8.22. The topological polar surface area (TPSA) is 121 Å². The van der Waals surface area contributed by atoms with Crippen molar-refractivity contribution in [2.75, 3.05) is 26.2 Å². The molecule has 1 aliphatic rings. The van der Waals surface area contributed by atoms with Crippen LogP contribution >= 0.6 is 0 Å². The summed E-state index contributed by atoms with van der Waals surface area (Å²) in [6.45, 7) is 1.54. The summed E-state index contributed by atoms with van der Waals surface area (Å²) in [6, 6.07) is 5.42. The smallest absolute Gasteiger partial charge is 0.303 e. The van der Waals surface area contributed by atoms with Crippen molar-refractivity contribution in [1.82, 2.24) is 9.80 Å². The first-order valence-electron chi connectivity index (χ1n) is 7.92. The summed E-state index contributed by atoms with van der Waals surface area (Å²) in [5.74, 6) is -1.26. The van der Waals surface area contributed by atoms with E-state index in [9.17, 15) is 24.5 Å². The van der Waals surface area contributed by atoms with Crippen LogP contribution in [-0.4, -0.2) is 63.8 Å². The Kier molecular flexibility index (Phi) is 6.04. The average molecular weight is 349 g/mol. The van der Waals surface area contributed by atoms with Crippen LogP contribution in [0.1, 0.15) is 29.6 Å². The molecule has 0 aromatic heterocycles. The minimum atomic E-state index is -0.925. The zero-order valence-electron chi connectivity index (χ0n) is 13.6. The molecule has 0 bridgehead atoms. The first-order chi connectivity index (χ1) is 11.9. The quantitative estimate of drug-likeness (QED) is 0.607. The molecule has 0 radical (unpaired) electrons. The number of nitro groups is 1. The summed E-state index contributed by atoms with van der Waals surface area (Å²) in [4.78, 5) is 48.2. The molecule has 1 N–H and O–H groups in total. The van der Waals surface area contributed by atoms with Gasteiger partial charge in [-0.1, -0.05) is 0 Å². The molecule has 25 heavy (non-hydrogen) atoms. The number of carboxylic acid groups (broad SMARTS) is 1. The molecule has 0 aliphatic carbocycles. The number of hydrogen-bond acceptors (Lipinski definition) is 5. The van der Waals surface area contributed by atoms with Crippen molar-refractivity contribution in [2.24, 2.45) is 0 Å². The molecular formula is C16H19N3O6. The molecule has 1 fully saturated rings. The van der Waals surface area contributed by atoms with Gasteiger partial charge in [-0.15, -0.1) is 0 Å². The van der Waals surface area contributed by atoms with Crippen LogP contribution in [0.15, 0.2) is 24.3 Å². The molecule has 1 saturated heterocycles. The monoisotopic (exact) mass is 349 g/mol. The molecule has 0 atom stereocenters. The van der Waals surface area contributed by atoms with Crippen molar-refractivity contribution < 1.29 is 24.4 Å². The van der Waals surface area contributed by atoms with Gasteiger partial charge >= 0.3 is 5.97 Å². The molecule has 0 saturated carbocycles. The van der Waals surface area contributed by atoms with Gasteiger partial charge < -0.3 is 14.9 Å². The van der Waals surface area contributed by atoms with Gasteiger partial charge in [0.2, 0.25) is 5.91 Å². The Balaban J connectivity index is 1.84. The number of carboxylic acids is 1. The fourth-order valence-electron chi connectivity index (χ4n) is 2.62. The summed E-state index contributed by atoms with van der Waals surface area (Å²) in [6.07, 6.45) is 0.447. The molecule has 0 unspecified atom stereocenters. The van der Waals surface area contributed by atoms with Crippen LogP contribution in [0.25, 0.3) is 0 Å². The third kappa shape index (κ3) is 5.00. The maximum Gasteiger partial charge on any atom is 0.303 e. The van der Waals surface area contributed by atoms with Crippen LogP contribution < -0.4 is 0 Å². The Morgan fingerprint density at radius 3 is 2.08 bits per heavy atom. The number of non-ortho nitro benzene ring substituents is 1. The molecular weight excluding hydrogens is 330 g/mol. The van der Waals surface area contributed by atoms with Gasteiger partial charge in [0, 0.05) is 56.7 Å². The van der Waals surface area contributed by atoms with Crippen LogP contribution in [0, 0.1) is 10.1 Å². The molecule has 9 heteroatoms. The molecule has 2 rings (SSSR count). The van der Waals surface area contributed by atoms with Crippen LogP contribution in [0.4, 0.5) is 5.69 Å². The van der Waals surface area contributed by atoms with E-state index in [2.05, 4.69) is 0 Å². The molecule has 9 nitrogen and oxygen atoms in total. The van der Waals surface area contributed by atoms with E-state index >= 15 is 0 Å². The highest BCUT2D eigenvalue weighted by Crippen LogP contribution is 2.15. The zero-order valence-corrected chi connectivity index (χ0v) is 13.6. The summed E-state index contributed by atoms with van der Waals surface area (Å²) >= 11 is 0. The fourth-order valence-corrected chi connectivity index (χ4v) is 2.62. The SMILES string of the molecule is O=C(O)CCCC(=O)N1CCN(C(=O)c2ccc([N+](=O)[O-])cc2)CC1. The fraction of sp³-hybridized carbons (Fsp3) is 0.438. The summed E-state index contributed by atoms with van der Waals surface area (Å²) < 4.78 is 0. The third-order valence-electron chi connectivity index (χ3n) is 4.03. The largest absolute Gasteiger partial charge is 0.481 e. The number of amides is 2. The number of aliphatic carboxylic acids is 1. The second-order valence-electron chi connectivity index (χ2n) is 5.72. The van der Waals surface area contributed by atoms with Crippen molar-refractivity contribution in [1.29, 1.82) is 0 Å². The lowest BCUT2D eigenvalue weighted by Crippen LogP contribution is -2.50. The Hall–Kier alpha value is -2.97. The predicted molar refractivity (Wildman–Crippen MR) is 87.1 cm³/mol. The van der Waals surface area contributed by atoms with Gasteiger partial charge in [0.05, 0.1) is 4.92 Å². The van der Waals surface area contributed by atoms with Crippen LogP contribution in [0.5, 0.6) is 0 Å². The van der Waals surface area contributed by atoms with Gasteiger partial charge in [-0.05, 0) is 18.6 Å². The highest BCUT2D eigenvalue weighted by Gasteiger charge is 2.25. The number of carbonyl (C=O) groups is 3. The predicted octanol–water partition coefficient (Wildman–Crippen LogP) is 1.13. The Morgan fingerprint density at radius 1 is 1.00 bits per heavy atom. The Morgan fingerprint density at radius 2 is 1.56 bits per heavy atom. The lowest BCUT2D eigenvalue weighted by Gasteiger charge is -2.34. The molecule has 1 aromatic rings. The molecule has 1 aliphatic heterocycles. The van der Waals surface area contributed by atoms with E-state index in [1.54, 1.807) is 9.80 Å². The van der Waals surface area contributed by atoms with Crippen molar-refractivity contribution >= 4 is 23.5 Å². The van der Waals surface area contributed by atoms with Gasteiger partial charge in [0.15, 0.2) is 0 Å². The maximum absolute atomic E-state index is 12.4. The van der Waals surface area contributed by atoms with Crippen LogP contribution in [0.3, 0.4) is 0 Å². The van der Waals surface area contributed by atoms with E-state index in [1.165, 1.54) is 24.3 Å². The van der Waals surface area contributed by atoms with Crippen molar-refractivity contribution in [3.8, 4) is 0 Å². The first kappa shape index (κ1) is 18.4. The summed E-state index contributed by atoms with van der Waals surface area (Å²) in [5, 5.41) is 19.2. The molecule has 0 spiro atoms. The van der Waals surface area contributed by atoms with Gasteiger partial charge in [0.25, 0.3) is 11.6 Å². The van der Waals surface area contributed by atoms with Crippen LogP contribution in [-0.2, 0) is 9.59 Å². The lowest BCUT2D eigenvalue weighted by atomic mass is 10.1. The van der Waals surface area contributed by atoms with Crippen LogP contribution in [0.2, 0.25) is 0 Å². The van der Waals surface area contributed by atoms with E-state index in [4.69, 9.17) is 5.11 Å². The number of piperazine rings is 1. The zero-order chi connectivity index (χ0) is 18.4. The van der Waals surface area contributed by atoms with E-state index in [-0.39, 0.29) is 30.3 Å². The standard InChI is InChI=1S/C16H19N3O6/c20-14(2-1-3-15(21)22)17-8-10-18(11-9-17)16(23)12-4-6-13(7-5-12)19(24)25/h4-7H,1-3,8-11H2,(H,21,22). The highest BCUT2D eigenvalue weighted by molar-refractivity contribution is 5.94. The minimum Gasteiger partial charge on any atom is -0.481 e. The van der Waals surface area contributed by atoms with E-state index in [1.807, 2.05) is 0 Å². The highest BCUT2D eigenvalue weighted by atomic mass is 16.6. The summed E-state index contributed by atoms with van der Waals surface area (Å²) in [7, 11) is 0. The minimum absolute atomic E-state index is 0.0374.